The van der Waals surface area contributed by atoms with E-state index in [2.05, 4.69) is 11.4 Å². The Labute approximate surface area is 168 Å². The molecule has 0 aromatic heterocycles. The van der Waals surface area contributed by atoms with E-state index in [1.807, 2.05) is 0 Å². The maximum absolute atomic E-state index is 11.0. The lowest BCUT2D eigenvalue weighted by atomic mass is 10.0. The summed E-state index contributed by atoms with van der Waals surface area (Å²) in [5.74, 6) is -1.56. The molecule has 0 radical (unpaired) electrons. The lowest BCUT2D eigenvalue weighted by Gasteiger charge is -2.27. The Bertz CT molecular complexity index is 434. The van der Waals surface area contributed by atoms with Gasteiger partial charge in [-0.2, -0.15) is 0 Å². The predicted molar refractivity (Wildman–Crippen MR) is 103 cm³/mol. The van der Waals surface area contributed by atoms with Gasteiger partial charge in [-0.05, 0) is 13.3 Å². The van der Waals surface area contributed by atoms with Crippen molar-refractivity contribution in [2.75, 3.05) is 0 Å². The van der Waals surface area contributed by atoms with Crippen LogP contribution in [-0.4, -0.2) is 28.3 Å². The Morgan fingerprint density at radius 3 is 1.43 bits per heavy atom. The van der Waals surface area contributed by atoms with Gasteiger partial charge in [-0.15, -0.1) is 0 Å². The zero-order valence-corrected chi connectivity index (χ0v) is 18.2. The molecule has 2 N–H and O–H groups in total. The lowest BCUT2D eigenvalue weighted by Crippen LogP contribution is -2.19. The van der Waals surface area contributed by atoms with Crippen LogP contribution in [0.1, 0.15) is 104 Å². The van der Waals surface area contributed by atoms with Gasteiger partial charge in [0.1, 0.15) is 7.82 Å². The van der Waals surface area contributed by atoms with Crippen LogP contribution in [0.15, 0.2) is 0 Å². The molecule has 0 rings (SSSR count). The first-order chi connectivity index (χ1) is 13.1. The molecule has 0 aromatic rings. The van der Waals surface area contributed by atoms with Crippen LogP contribution in [-0.2, 0) is 18.7 Å². The second kappa shape index (κ2) is 19.5. The van der Waals surface area contributed by atoms with Gasteiger partial charge < -0.3 is 29.1 Å². The lowest BCUT2D eigenvalue weighted by molar-refractivity contribution is -0.337. The number of carbonyl (C=O) groups is 2. The second-order valence-electron chi connectivity index (χ2n) is 6.89. The molecule has 0 saturated heterocycles. The summed E-state index contributed by atoms with van der Waals surface area (Å²) in [6.07, 6.45) is 13.7. The van der Waals surface area contributed by atoms with E-state index < -0.39 is 25.9 Å². The van der Waals surface area contributed by atoms with Crippen molar-refractivity contribution >= 4 is 19.6 Å². The van der Waals surface area contributed by atoms with E-state index in [0.29, 0.717) is 6.42 Å². The Balaban J connectivity index is 0. The second-order valence-corrected chi connectivity index (χ2v) is 7.96. The molecule has 28 heavy (non-hydrogen) atoms. The molecule has 0 unspecified atom stereocenters. The number of rotatable bonds is 16. The van der Waals surface area contributed by atoms with Gasteiger partial charge >= 0.3 is 5.97 Å². The molecule has 0 aliphatic rings. The fourth-order valence-electron chi connectivity index (χ4n) is 2.46. The van der Waals surface area contributed by atoms with Crippen LogP contribution in [0.25, 0.3) is 0 Å². The Hall–Kier alpha value is -0.790. The van der Waals surface area contributed by atoms with Crippen molar-refractivity contribution in [3.8, 4) is 0 Å². The smallest absolute Gasteiger partial charge is 0.309 e. The average Bonchev–Trinajstić information content (AvgIpc) is 2.58. The minimum absolute atomic E-state index is 0.00618. The van der Waals surface area contributed by atoms with Crippen LogP contribution < -0.4 is 9.79 Å². The molecule has 0 aromatic carbocycles. The van der Waals surface area contributed by atoms with E-state index >= 15 is 0 Å². The van der Waals surface area contributed by atoms with Crippen molar-refractivity contribution in [1.29, 1.82) is 0 Å². The number of phosphoric ester groups is 1. The fraction of sp³-hybridized carbons (Fsp3) is 0.895. The molecular weight excluding hydrogens is 387 g/mol. The Morgan fingerprint density at radius 2 is 1.14 bits per heavy atom. The minimum Gasteiger partial charge on any atom is -0.780 e. The highest BCUT2D eigenvalue weighted by Gasteiger charge is 2.04. The molecule has 168 valence electrons. The van der Waals surface area contributed by atoms with E-state index in [1.54, 1.807) is 0 Å². The summed E-state index contributed by atoms with van der Waals surface area (Å²) in [5, 5.41) is 15.7. The summed E-state index contributed by atoms with van der Waals surface area (Å²) in [4.78, 5) is 41.0. The quantitative estimate of drug-likeness (QED) is 0.218. The molecule has 9 heteroatoms. The van der Waals surface area contributed by atoms with Crippen LogP contribution in [0, 0.1) is 0 Å². The number of unbranched alkanes of at least 4 members (excludes halogenated alkanes) is 12. The van der Waals surface area contributed by atoms with Crippen molar-refractivity contribution in [2.24, 2.45) is 0 Å². The fourth-order valence-corrected chi connectivity index (χ4v) is 2.80. The van der Waals surface area contributed by atoms with Gasteiger partial charge in [0.15, 0.2) is 5.78 Å². The summed E-state index contributed by atoms with van der Waals surface area (Å²) < 4.78 is 14.0. The number of ketones is 1. The van der Waals surface area contributed by atoms with Gasteiger partial charge in [-0.25, -0.2) is 0 Å². The molecule has 0 saturated carbocycles. The van der Waals surface area contributed by atoms with Crippen molar-refractivity contribution in [2.45, 2.75) is 110 Å². The SMILES string of the molecule is CC(=O)C(O)O.CCCCCCCCCCCCCCCC(=O)OP(=O)([O-])[O-]. The molecule has 8 nitrogen and oxygen atoms in total. The Morgan fingerprint density at radius 1 is 0.821 bits per heavy atom. The third-order valence-electron chi connectivity index (χ3n) is 4.06. The summed E-state index contributed by atoms with van der Waals surface area (Å²) in [7, 11) is -5.16. The molecule has 0 amide bonds. The highest BCUT2D eigenvalue weighted by Crippen LogP contribution is 2.25. The van der Waals surface area contributed by atoms with E-state index in [1.165, 1.54) is 57.8 Å². The van der Waals surface area contributed by atoms with Gasteiger partial charge in [0.05, 0.1) is 0 Å². The first-order valence-corrected chi connectivity index (χ1v) is 11.7. The molecule has 0 heterocycles. The molecule has 0 spiro atoms. The Kier molecular flexibility index (Phi) is 20.5. The number of hydrogen-bond acceptors (Lipinski definition) is 8. The third kappa shape index (κ3) is 27.4. The van der Waals surface area contributed by atoms with Crippen molar-refractivity contribution < 1.29 is 38.7 Å². The average molecular weight is 424 g/mol. The van der Waals surface area contributed by atoms with E-state index in [0.717, 1.165) is 26.2 Å². The van der Waals surface area contributed by atoms with Crippen molar-refractivity contribution in [1.82, 2.24) is 0 Å². The van der Waals surface area contributed by atoms with Crippen molar-refractivity contribution in [3.05, 3.63) is 0 Å². The number of aliphatic hydroxyl groups is 2. The zero-order valence-electron chi connectivity index (χ0n) is 17.3. The van der Waals surface area contributed by atoms with Crippen LogP contribution in [0.4, 0.5) is 0 Å². The molecule has 0 atom stereocenters. The van der Waals surface area contributed by atoms with Gasteiger partial charge in [-0.3, -0.25) is 9.59 Å². The highest BCUT2D eigenvalue weighted by molar-refractivity contribution is 7.43. The molecule has 0 aliphatic heterocycles. The predicted octanol–water partition coefficient (Wildman–Crippen LogP) is 2.73. The van der Waals surface area contributed by atoms with Crippen LogP contribution in [0.3, 0.4) is 0 Å². The molecule has 0 fully saturated rings. The van der Waals surface area contributed by atoms with Gasteiger partial charge in [0.2, 0.25) is 6.29 Å². The number of carbonyl (C=O) groups excluding carboxylic acids is 2. The summed E-state index contributed by atoms with van der Waals surface area (Å²) >= 11 is 0. The number of aliphatic hydroxyl groups excluding tert-OH is 1. The molecule has 0 aliphatic carbocycles. The maximum atomic E-state index is 11.0. The maximum Gasteiger partial charge on any atom is 0.309 e. The van der Waals surface area contributed by atoms with Crippen molar-refractivity contribution in [3.63, 3.8) is 0 Å². The summed E-state index contributed by atoms with van der Waals surface area (Å²) in [5.41, 5.74) is 0. The van der Waals surface area contributed by atoms with E-state index in [4.69, 9.17) is 10.2 Å². The normalized spacial score (nSPS) is 11.1. The number of Topliss-reactive ketones (excluding diaryl/α,β-unsaturated/α-hetero) is 1. The van der Waals surface area contributed by atoms with E-state index in [9.17, 15) is 23.9 Å². The zero-order chi connectivity index (χ0) is 21.8. The standard InChI is InChI=1S/C16H33O5P.C3H6O3/c1-2-3-4-5-6-7-8-9-10-11-12-13-14-15-16(17)21-22(18,19)20;1-2(4)3(5)6/h2-15H2,1H3,(H2,18,19,20);3,5-6H,1H3/p-2. The topological polar surface area (TPSA) is 147 Å². The van der Waals surface area contributed by atoms with E-state index in [-0.39, 0.29) is 6.42 Å². The third-order valence-corrected chi connectivity index (χ3v) is 4.49. The molecule has 0 bridgehead atoms. The first kappa shape index (κ1) is 29.4. The van der Waals surface area contributed by atoms with Gasteiger partial charge in [0, 0.05) is 6.42 Å². The molecular formula is C19H37O8P-2. The van der Waals surface area contributed by atoms with Crippen LogP contribution in [0.5, 0.6) is 0 Å². The van der Waals surface area contributed by atoms with Crippen LogP contribution >= 0.6 is 7.82 Å². The summed E-state index contributed by atoms with van der Waals surface area (Å²) in [6.45, 7) is 3.33. The summed E-state index contributed by atoms with van der Waals surface area (Å²) in [6, 6.07) is 0. The largest absolute Gasteiger partial charge is 0.780 e. The van der Waals surface area contributed by atoms with Gasteiger partial charge in [0.25, 0.3) is 0 Å². The van der Waals surface area contributed by atoms with Crippen LogP contribution in [0.2, 0.25) is 0 Å². The number of hydrogen-bond donors (Lipinski definition) is 2. The number of phosphoric acid groups is 1. The minimum atomic E-state index is -5.16. The monoisotopic (exact) mass is 424 g/mol. The first-order valence-electron chi connectivity index (χ1n) is 10.2. The highest BCUT2D eigenvalue weighted by atomic mass is 31.2. The van der Waals surface area contributed by atoms with Gasteiger partial charge in [-0.1, -0.05) is 84.0 Å².